The molecule has 0 amide bonds. The molecule has 0 aromatic rings. The average Bonchev–Trinajstić information content (AvgIpc) is 2.34. The molecule has 1 saturated heterocycles. The molecule has 1 aliphatic heterocycles. The van der Waals surface area contributed by atoms with E-state index < -0.39 is 0 Å². The number of nitrogens with one attached hydrogen (secondary N) is 1. The number of carbonyl (C=O) groups is 1. The van der Waals surface area contributed by atoms with Crippen LogP contribution >= 0.6 is 34.4 Å². The van der Waals surface area contributed by atoms with Gasteiger partial charge in [-0.1, -0.05) is 22.6 Å². The van der Waals surface area contributed by atoms with E-state index in [1.807, 2.05) is 0 Å². The predicted octanol–water partition coefficient (Wildman–Crippen LogP) is 1.56. The van der Waals surface area contributed by atoms with E-state index in [0.717, 1.165) is 16.0 Å². The Labute approximate surface area is 84.3 Å². The van der Waals surface area contributed by atoms with Gasteiger partial charge >= 0.3 is 0 Å². The lowest BCUT2D eigenvalue weighted by Crippen LogP contribution is -2.12. The van der Waals surface area contributed by atoms with Gasteiger partial charge in [-0.05, 0) is 6.92 Å². The van der Waals surface area contributed by atoms with Crippen molar-refractivity contribution in [1.29, 1.82) is 0 Å². The molecular weight excluding hydrogens is 273 g/mol. The number of allylic oxidation sites excluding steroid dienone is 1. The first kappa shape index (κ1) is 9.38. The van der Waals surface area contributed by atoms with Gasteiger partial charge in [0.2, 0.25) is 0 Å². The molecule has 0 bridgehead atoms. The minimum absolute atomic E-state index is 0.120. The highest BCUT2D eigenvalue weighted by Crippen LogP contribution is 2.26. The summed E-state index contributed by atoms with van der Waals surface area (Å²) in [4.78, 5) is 10.7. The molecule has 0 aliphatic carbocycles. The molecule has 1 unspecified atom stereocenters. The van der Waals surface area contributed by atoms with Crippen molar-refractivity contribution in [3.05, 3.63) is 11.1 Å². The minimum atomic E-state index is 0.120. The maximum absolute atomic E-state index is 10.7. The van der Waals surface area contributed by atoms with Crippen molar-refractivity contribution < 1.29 is 4.79 Å². The Morgan fingerprint density at radius 3 is 3.18 bits per heavy atom. The quantitative estimate of drug-likeness (QED) is 0.474. The third-order valence-electron chi connectivity index (χ3n) is 1.30. The zero-order valence-corrected chi connectivity index (χ0v) is 9.24. The summed E-state index contributed by atoms with van der Waals surface area (Å²) in [7, 11) is 0. The van der Waals surface area contributed by atoms with E-state index in [1.165, 1.54) is 0 Å². The van der Waals surface area contributed by atoms with Crippen LogP contribution in [0.15, 0.2) is 11.1 Å². The Bertz CT molecular complexity index is 193. The third-order valence-corrected chi connectivity index (χ3v) is 4.15. The normalized spacial score (nSPS) is 27.1. The van der Waals surface area contributed by atoms with Crippen LogP contribution in [0.4, 0.5) is 0 Å². The van der Waals surface area contributed by atoms with E-state index in [1.54, 1.807) is 24.8 Å². The van der Waals surface area contributed by atoms with Crippen LogP contribution in [0.25, 0.3) is 0 Å². The van der Waals surface area contributed by atoms with Gasteiger partial charge in [-0.2, -0.15) is 0 Å². The number of thioether (sulfide) groups is 1. The Hall–Kier alpha value is 0.290. The molecule has 1 rings (SSSR count). The standard InChI is InChI=1S/C7H10INOS/c1-5(10)2-7-9-4-6(3-8)11-7/h2,6,9H,3-4H2,1H3. The molecule has 1 atom stereocenters. The second-order valence-electron chi connectivity index (χ2n) is 2.39. The number of halogens is 1. The third kappa shape index (κ3) is 3.02. The fraction of sp³-hybridized carbons (Fsp3) is 0.571. The number of hydrogen-bond donors (Lipinski definition) is 1. The van der Waals surface area contributed by atoms with E-state index in [0.29, 0.717) is 5.25 Å². The molecule has 0 aromatic carbocycles. The number of ketones is 1. The number of alkyl halides is 1. The molecule has 0 saturated carbocycles. The Kier molecular flexibility index (Phi) is 3.71. The van der Waals surface area contributed by atoms with E-state index >= 15 is 0 Å². The summed E-state index contributed by atoms with van der Waals surface area (Å²) in [5.41, 5.74) is 0. The summed E-state index contributed by atoms with van der Waals surface area (Å²) in [6.45, 7) is 2.57. The molecule has 62 valence electrons. The molecule has 1 aliphatic rings. The van der Waals surface area contributed by atoms with Gasteiger partial charge in [0.1, 0.15) is 0 Å². The number of carbonyl (C=O) groups excluding carboxylic acids is 1. The Balaban J connectivity index is 2.47. The SMILES string of the molecule is CC(=O)C=C1NCC(CI)S1. The first-order chi connectivity index (χ1) is 5.22. The Morgan fingerprint density at radius 1 is 2.00 bits per heavy atom. The van der Waals surface area contributed by atoms with Crippen LogP contribution in [0.3, 0.4) is 0 Å². The lowest BCUT2D eigenvalue weighted by Gasteiger charge is -1.96. The summed E-state index contributed by atoms with van der Waals surface area (Å²) in [6, 6.07) is 0. The van der Waals surface area contributed by atoms with Crippen molar-refractivity contribution in [2.24, 2.45) is 0 Å². The first-order valence-electron chi connectivity index (χ1n) is 3.41. The fourth-order valence-corrected chi connectivity index (χ4v) is 2.67. The Morgan fingerprint density at radius 2 is 2.73 bits per heavy atom. The molecule has 0 radical (unpaired) electrons. The summed E-state index contributed by atoms with van der Waals surface area (Å²) < 4.78 is 1.13. The van der Waals surface area contributed by atoms with Crippen LogP contribution in [-0.4, -0.2) is 22.0 Å². The van der Waals surface area contributed by atoms with Crippen LogP contribution < -0.4 is 5.32 Å². The van der Waals surface area contributed by atoms with Gasteiger partial charge in [-0.3, -0.25) is 4.79 Å². The molecule has 1 heterocycles. The fourth-order valence-electron chi connectivity index (χ4n) is 0.833. The lowest BCUT2D eigenvalue weighted by molar-refractivity contribution is -0.112. The van der Waals surface area contributed by atoms with Crippen LogP contribution in [0.5, 0.6) is 0 Å². The van der Waals surface area contributed by atoms with Gasteiger partial charge in [-0.15, -0.1) is 11.8 Å². The molecule has 1 N–H and O–H groups in total. The van der Waals surface area contributed by atoms with Crippen LogP contribution in [0, 0.1) is 0 Å². The van der Waals surface area contributed by atoms with Crippen molar-refractivity contribution in [2.45, 2.75) is 12.2 Å². The van der Waals surface area contributed by atoms with Crippen molar-refractivity contribution in [1.82, 2.24) is 5.32 Å². The molecule has 11 heavy (non-hydrogen) atoms. The zero-order chi connectivity index (χ0) is 8.27. The van der Waals surface area contributed by atoms with Crippen molar-refractivity contribution in [3.63, 3.8) is 0 Å². The molecular formula is C7H10INOS. The summed E-state index contributed by atoms with van der Waals surface area (Å²) in [6.07, 6.45) is 1.66. The highest BCUT2D eigenvalue weighted by atomic mass is 127. The second-order valence-corrected chi connectivity index (χ2v) is 4.62. The van der Waals surface area contributed by atoms with Gasteiger partial charge in [0.15, 0.2) is 5.78 Å². The predicted molar refractivity (Wildman–Crippen MR) is 57.0 cm³/mol. The maximum Gasteiger partial charge on any atom is 0.155 e. The summed E-state index contributed by atoms with van der Waals surface area (Å²) >= 11 is 4.12. The summed E-state index contributed by atoms with van der Waals surface area (Å²) in [5.74, 6) is 0.120. The highest BCUT2D eigenvalue weighted by molar-refractivity contribution is 14.1. The summed E-state index contributed by atoms with van der Waals surface area (Å²) in [5, 5.41) is 4.85. The lowest BCUT2D eigenvalue weighted by atomic mass is 10.4. The smallest absolute Gasteiger partial charge is 0.155 e. The number of rotatable bonds is 2. The first-order valence-corrected chi connectivity index (χ1v) is 5.81. The molecule has 0 aromatic heterocycles. The average molecular weight is 283 g/mol. The topological polar surface area (TPSA) is 29.1 Å². The van der Waals surface area contributed by atoms with Crippen molar-refractivity contribution in [3.8, 4) is 0 Å². The van der Waals surface area contributed by atoms with Crippen LogP contribution in [0.2, 0.25) is 0 Å². The molecule has 4 heteroatoms. The van der Waals surface area contributed by atoms with E-state index in [2.05, 4.69) is 27.9 Å². The van der Waals surface area contributed by atoms with Gasteiger partial charge in [0.05, 0.1) is 5.03 Å². The maximum atomic E-state index is 10.7. The van der Waals surface area contributed by atoms with E-state index in [4.69, 9.17) is 0 Å². The van der Waals surface area contributed by atoms with Gasteiger partial charge in [-0.25, -0.2) is 0 Å². The van der Waals surface area contributed by atoms with Crippen molar-refractivity contribution in [2.75, 3.05) is 11.0 Å². The van der Waals surface area contributed by atoms with Crippen molar-refractivity contribution >= 4 is 40.1 Å². The monoisotopic (exact) mass is 283 g/mol. The zero-order valence-electron chi connectivity index (χ0n) is 6.26. The van der Waals surface area contributed by atoms with Crippen LogP contribution in [0.1, 0.15) is 6.92 Å². The largest absolute Gasteiger partial charge is 0.379 e. The van der Waals surface area contributed by atoms with Crippen LogP contribution in [-0.2, 0) is 4.79 Å². The van der Waals surface area contributed by atoms with Gasteiger partial charge in [0, 0.05) is 22.3 Å². The highest BCUT2D eigenvalue weighted by Gasteiger charge is 2.17. The molecule has 0 spiro atoms. The second kappa shape index (κ2) is 4.35. The van der Waals surface area contributed by atoms with Gasteiger partial charge < -0.3 is 5.32 Å². The van der Waals surface area contributed by atoms with E-state index in [9.17, 15) is 4.79 Å². The molecule has 2 nitrogen and oxygen atoms in total. The molecule has 1 fully saturated rings. The van der Waals surface area contributed by atoms with E-state index in [-0.39, 0.29) is 5.78 Å². The minimum Gasteiger partial charge on any atom is -0.379 e. The van der Waals surface area contributed by atoms with Gasteiger partial charge in [0.25, 0.3) is 0 Å². The number of hydrogen-bond acceptors (Lipinski definition) is 3.